The molecular weight excluding hydrogens is 477 g/mol. The van der Waals surface area contributed by atoms with E-state index in [9.17, 15) is 4.79 Å². The molecule has 0 saturated carbocycles. The summed E-state index contributed by atoms with van der Waals surface area (Å²) >= 11 is 8.15. The van der Waals surface area contributed by atoms with Crippen molar-refractivity contribution in [1.29, 1.82) is 0 Å². The number of ether oxygens (including phenoxy) is 1. The lowest BCUT2D eigenvalue weighted by Gasteiger charge is -2.06. The minimum absolute atomic E-state index is 0.139. The van der Waals surface area contributed by atoms with Crippen molar-refractivity contribution in [3.05, 3.63) is 92.3 Å². The number of pyridine rings is 1. The van der Waals surface area contributed by atoms with Crippen LogP contribution in [-0.2, 0) is 6.61 Å². The van der Waals surface area contributed by atoms with Gasteiger partial charge in [0.2, 0.25) is 0 Å². The highest BCUT2D eigenvalue weighted by Crippen LogP contribution is 2.15. The first-order valence-electron chi connectivity index (χ1n) is 8.03. The number of aromatic nitrogens is 1. The molecule has 1 N–H and O–H groups in total. The molecule has 2 aromatic carbocycles. The number of benzene rings is 2. The molecule has 0 aliphatic carbocycles. The largest absolute Gasteiger partial charge is 0.489 e. The quantitative estimate of drug-likeness (QED) is 0.236. The highest BCUT2D eigenvalue weighted by Gasteiger charge is 2.09. The van der Waals surface area contributed by atoms with E-state index in [2.05, 4.69) is 38.1 Å². The van der Waals surface area contributed by atoms with Crippen molar-refractivity contribution in [3.8, 4) is 5.75 Å². The molecular formula is C20H15ClIN3O2. The first kappa shape index (κ1) is 19.3. The lowest BCUT2D eigenvalue weighted by atomic mass is 10.2. The van der Waals surface area contributed by atoms with E-state index < -0.39 is 5.91 Å². The molecule has 0 unspecified atom stereocenters. The van der Waals surface area contributed by atoms with Gasteiger partial charge in [0.25, 0.3) is 5.91 Å². The predicted octanol–water partition coefficient (Wildman–Crippen LogP) is 4.68. The molecule has 0 radical (unpaired) electrons. The summed E-state index contributed by atoms with van der Waals surface area (Å²) in [4.78, 5) is 15.8. The van der Waals surface area contributed by atoms with Gasteiger partial charge in [-0.05, 0) is 82.2 Å². The third-order valence-corrected chi connectivity index (χ3v) is 4.60. The van der Waals surface area contributed by atoms with Crippen LogP contribution < -0.4 is 10.2 Å². The van der Waals surface area contributed by atoms with E-state index in [4.69, 9.17) is 16.3 Å². The second-order valence-electron chi connectivity index (χ2n) is 5.53. The first-order chi connectivity index (χ1) is 13.1. The van der Waals surface area contributed by atoms with Crippen molar-refractivity contribution in [3.63, 3.8) is 0 Å². The Morgan fingerprint density at radius 3 is 2.59 bits per heavy atom. The molecule has 0 spiro atoms. The lowest BCUT2D eigenvalue weighted by molar-refractivity contribution is 0.0955. The smallest absolute Gasteiger partial charge is 0.274 e. The van der Waals surface area contributed by atoms with Crippen molar-refractivity contribution < 1.29 is 9.53 Å². The monoisotopic (exact) mass is 491 g/mol. The average Bonchev–Trinajstić information content (AvgIpc) is 2.69. The summed E-state index contributed by atoms with van der Waals surface area (Å²) in [5.41, 5.74) is 4.64. The minimum Gasteiger partial charge on any atom is -0.489 e. The van der Waals surface area contributed by atoms with Crippen LogP contribution >= 0.6 is 34.2 Å². The Morgan fingerprint density at radius 2 is 1.89 bits per heavy atom. The third-order valence-electron chi connectivity index (χ3n) is 3.58. The van der Waals surface area contributed by atoms with Gasteiger partial charge in [-0.1, -0.05) is 23.7 Å². The van der Waals surface area contributed by atoms with E-state index in [-0.39, 0.29) is 10.7 Å². The zero-order valence-electron chi connectivity index (χ0n) is 14.1. The third kappa shape index (κ3) is 5.77. The summed E-state index contributed by atoms with van der Waals surface area (Å²) in [7, 11) is 0. The topological polar surface area (TPSA) is 63.6 Å². The molecule has 136 valence electrons. The molecule has 5 nitrogen and oxygen atoms in total. The summed E-state index contributed by atoms with van der Waals surface area (Å²) in [5.74, 6) is 0.346. The Morgan fingerprint density at radius 1 is 1.15 bits per heavy atom. The van der Waals surface area contributed by atoms with Crippen LogP contribution in [0.15, 0.2) is 72.0 Å². The molecule has 0 bridgehead atoms. The van der Waals surface area contributed by atoms with Crippen LogP contribution in [0.1, 0.15) is 21.5 Å². The van der Waals surface area contributed by atoms with Crippen molar-refractivity contribution in [2.24, 2.45) is 5.10 Å². The van der Waals surface area contributed by atoms with Gasteiger partial charge < -0.3 is 4.74 Å². The number of hydrazone groups is 1. The van der Waals surface area contributed by atoms with Crippen molar-refractivity contribution in [2.75, 3.05) is 0 Å². The highest BCUT2D eigenvalue weighted by atomic mass is 127. The zero-order chi connectivity index (χ0) is 19.1. The first-order valence-corrected chi connectivity index (χ1v) is 9.49. The highest BCUT2D eigenvalue weighted by molar-refractivity contribution is 14.1. The fourth-order valence-electron chi connectivity index (χ4n) is 2.18. The molecule has 3 rings (SSSR count). The second-order valence-corrected chi connectivity index (χ2v) is 7.13. The van der Waals surface area contributed by atoms with Gasteiger partial charge >= 0.3 is 0 Å². The van der Waals surface area contributed by atoms with Crippen molar-refractivity contribution >= 4 is 46.3 Å². The summed E-state index contributed by atoms with van der Waals surface area (Å²) in [6, 6.07) is 18.8. The molecule has 1 heterocycles. The number of halogens is 2. The van der Waals surface area contributed by atoms with Crippen LogP contribution in [0.2, 0.25) is 5.15 Å². The van der Waals surface area contributed by atoms with Gasteiger partial charge in [0.1, 0.15) is 17.5 Å². The number of nitrogens with zero attached hydrogens (tertiary/aromatic N) is 2. The maximum absolute atomic E-state index is 12.0. The van der Waals surface area contributed by atoms with Crippen LogP contribution in [0.5, 0.6) is 5.75 Å². The Balaban J connectivity index is 1.52. The number of carbonyl (C=O) groups is 1. The normalized spacial score (nSPS) is 10.7. The van der Waals surface area contributed by atoms with Crippen LogP contribution in [0, 0.1) is 3.57 Å². The molecule has 1 amide bonds. The Labute approximate surface area is 175 Å². The maximum atomic E-state index is 12.0. The predicted molar refractivity (Wildman–Crippen MR) is 114 cm³/mol. The van der Waals surface area contributed by atoms with Crippen LogP contribution in [0.4, 0.5) is 0 Å². The van der Waals surface area contributed by atoms with E-state index in [0.717, 1.165) is 16.9 Å². The van der Waals surface area contributed by atoms with E-state index in [1.807, 2.05) is 48.5 Å². The van der Waals surface area contributed by atoms with Gasteiger partial charge in [-0.3, -0.25) is 4.79 Å². The van der Waals surface area contributed by atoms with E-state index >= 15 is 0 Å². The van der Waals surface area contributed by atoms with Gasteiger partial charge in [0.15, 0.2) is 0 Å². The average molecular weight is 492 g/mol. The summed E-state index contributed by atoms with van der Waals surface area (Å²) in [5, 5.41) is 4.08. The van der Waals surface area contributed by atoms with Gasteiger partial charge in [-0.15, -0.1) is 0 Å². The Hall–Kier alpha value is -2.45. The molecule has 27 heavy (non-hydrogen) atoms. The fraction of sp³-hybridized carbons (Fsp3) is 0.0500. The number of hydrogen-bond donors (Lipinski definition) is 1. The molecule has 0 fully saturated rings. The van der Waals surface area contributed by atoms with Gasteiger partial charge in [0.05, 0.1) is 11.8 Å². The van der Waals surface area contributed by atoms with E-state index in [1.54, 1.807) is 18.3 Å². The standard InChI is InChI=1S/C20H15ClIN3O2/c21-19-18(2-1-11-23-19)20(26)25-24-12-14-5-9-17(10-6-14)27-13-15-3-7-16(22)8-4-15/h1-12H,13H2,(H,25,26). The molecule has 0 aliphatic rings. The number of carbonyl (C=O) groups excluding carboxylic acids is 1. The van der Waals surface area contributed by atoms with Gasteiger partial charge in [-0.25, -0.2) is 10.4 Å². The number of nitrogens with one attached hydrogen (secondary N) is 1. The summed E-state index contributed by atoms with van der Waals surface area (Å²) in [6.07, 6.45) is 3.07. The van der Waals surface area contributed by atoms with E-state index in [1.165, 1.54) is 9.77 Å². The summed E-state index contributed by atoms with van der Waals surface area (Å²) in [6.45, 7) is 0.506. The SMILES string of the molecule is O=C(NN=Cc1ccc(OCc2ccc(I)cc2)cc1)c1cccnc1Cl. The second kappa shape index (κ2) is 9.48. The Kier molecular flexibility index (Phi) is 6.78. The zero-order valence-corrected chi connectivity index (χ0v) is 17.0. The van der Waals surface area contributed by atoms with E-state index in [0.29, 0.717) is 6.61 Å². The molecule has 3 aromatic rings. The van der Waals surface area contributed by atoms with Crippen LogP contribution in [0.25, 0.3) is 0 Å². The van der Waals surface area contributed by atoms with Gasteiger partial charge in [-0.2, -0.15) is 5.10 Å². The molecule has 0 saturated heterocycles. The van der Waals surface area contributed by atoms with Crippen LogP contribution in [0.3, 0.4) is 0 Å². The Bertz CT molecular complexity index is 944. The molecule has 7 heteroatoms. The molecule has 0 atom stereocenters. The molecule has 1 aromatic heterocycles. The van der Waals surface area contributed by atoms with Crippen LogP contribution in [-0.4, -0.2) is 17.1 Å². The van der Waals surface area contributed by atoms with Gasteiger partial charge in [0, 0.05) is 9.77 Å². The molecule has 0 aliphatic heterocycles. The number of amides is 1. The van der Waals surface area contributed by atoms with Crippen molar-refractivity contribution in [1.82, 2.24) is 10.4 Å². The maximum Gasteiger partial charge on any atom is 0.274 e. The fourth-order valence-corrected chi connectivity index (χ4v) is 2.74. The number of rotatable bonds is 6. The lowest BCUT2D eigenvalue weighted by Crippen LogP contribution is -2.18. The number of hydrogen-bond acceptors (Lipinski definition) is 4. The van der Waals surface area contributed by atoms with Crippen molar-refractivity contribution in [2.45, 2.75) is 6.61 Å². The minimum atomic E-state index is -0.415. The summed E-state index contributed by atoms with van der Waals surface area (Å²) < 4.78 is 6.95.